The molecular formula is C6H10O2PS+. The Morgan fingerprint density at radius 2 is 2.30 bits per heavy atom. The highest BCUT2D eigenvalue weighted by molar-refractivity contribution is 7.77. The Bertz CT molecular complexity index is 196. The normalized spacial score (nSPS) is 11.9. The zero-order chi connectivity index (χ0) is 7.61. The molecule has 0 atom stereocenters. The van der Waals surface area contributed by atoms with E-state index in [1.165, 1.54) is 11.3 Å². The van der Waals surface area contributed by atoms with Gasteiger partial charge in [-0.05, 0) is 24.4 Å². The highest BCUT2D eigenvalue weighted by Crippen LogP contribution is 2.48. The molecule has 56 valence electrons. The molecule has 0 fully saturated rings. The molecule has 0 unspecified atom stereocenters. The van der Waals surface area contributed by atoms with Crippen LogP contribution in [0.2, 0.25) is 0 Å². The van der Waals surface area contributed by atoms with E-state index in [0.29, 0.717) is 6.16 Å². The summed E-state index contributed by atoms with van der Waals surface area (Å²) in [6, 6.07) is 3.60. The van der Waals surface area contributed by atoms with Gasteiger partial charge < -0.3 is 0 Å². The Labute approximate surface area is 64.6 Å². The van der Waals surface area contributed by atoms with E-state index in [-0.39, 0.29) is 0 Å². The highest BCUT2D eigenvalue weighted by Gasteiger charge is 2.34. The first kappa shape index (κ1) is 8.15. The molecule has 0 aliphatic rings. The fourth-order valence-corrected chi connectivity index (χ4v) is 2.96. The van der Waals surface area contributed by atoms with Crippen molar-refractivity contribution >= 4 is 23.7 Å². The van der Waals surface area contributed by atoms with Gasteiger partial charge >= 0.3 is 7.72 Å². The molecule has 0 aromatic carbocycles. The average molecular weight is 177 g/mol. The van der Waals surface area contributed by atoms with Crippen molar-refractivity contribution in [3.63, 3.8) is 0 Å². The van der Waals surface area contributed by atoms with E-state index in [4.69, 9.17) is 0 Å². The molecule has 0 saturated carbocycles. The van der Waals surface area contributed by atoms with E-state index >= 15 is 0 Å². The summed E-state index contributed by atoms with van der Waals surface area (Å²) in [6.45, 7) is 1.79. The third kappa shape index (κ3) is 1.55. The first-order valence-electron chi connectivity index (χ1n) is 3.04. The molecule has 1 heterocycles. The van der Waals surface area contributed by atoms with Gasteiger partial charge in [-0.1, -0.05) is 0 Å². The summed E-state index contributed by atoms with van der Waals surface area (Å²) in [6.07, 6.45) is 0.438. The fraction of sp³-hybridized carbons (Fsp3) is 0.333. The van der Waals surface area contributed by atoms with Crippen LogP contribution in [-0.2, 0) is 0 Å². The summed E-state index contributed by atoms with van der Waals surface area (Å²) < 4.78 is 0.718. The van der Waals surface area contributed by atoms with Crippen LogP contribution in [0.4, 0.5) is 0 Å². The van der Waals surface area contributed by atoms with Crippen molar-refractivity contribution in [2.24, 2.45) is 0 Å². The lowest BCUT2D eigenvalue weighted by molar-refractivity contribution is 0.467. The standard InChI is InChI=1S/C6H10O2PS/c1-2-9(7,8)6-4-3-5-10-6/h3-5,7-8H,2H2,1H3/q+1. The number of hydrogen-bond donors (Lipinski definition) is 2. The predicted octanol–water partition coefficient (Wildman–Crippen LogP) is 1.23. The van der Waals surface area contributed by atoms with E-state index in [1.54, 1.807) is 13.0 Å². The van der Waals surface area contributed by atoms with E-state index < -0.39 is 7.72 Å². The molecule has 0 aliphatic carbocycles. The second-order valence-corrected chi connectivity index (χ2v) is 5.82. The molecule has 0 aliphatic heterocycles. The monoisotopic (exact) mass is 177 g/mol. The first-order valence-corrected chi connectivity index (χ1v) is 5.80. The van der Waals surface area contributed by atoms with Gasteiger partial charge in [0.25, 0.3) is 0 Å². The molecule has 0 amide bonds. The molecule has 1 aromatic rings. The van der Waals surface area contributed by atoms with Crippen LogP contribution >= 0.6 is 19.1 Å². The van der Waals surface area contributed by atoms with Gasteiger partial charge in [0.05, 0.1) is 0 Å². The summed E-state index contributed by atoms with van der Waals surface area (Å²) in [5.41, 5.74) is 0. The zero-order valence-corrected chi connectivity index (χ0v) is 7.40. The maximum atomic E-state index is 9.36. The van der Waals surface area contributed by atoms with Gasteiger partial charge in [-0.2, -0.15) is 0 Å². The van der Waals surface area contributed by atoms with Crippen molar-refractivity contribution in [1.82, 2.24) is 0 Å². The Kier molecular flexibility index (Phi) is 2.42. The number of hydrogen-bond acceptors (Lipinski definition) is 3. The lowest BCUT2D eigenvalue weighted by Crippen LogP contribution is -2.06. The molecule has 0 radical (unpaired) electrons. The fourth-order valence-electron chi connectivity index (χ4n) is 0.629. The second-order valence-electron chi connectivity index (χ2n) is 2.00. The Hall–Kier alpha value is 0.0500. The van der Waals surface area contributed by atoms with Crippen LogP contribution in [0.5, 0.6) is 0 Å². The maximum Gasteiger partial charge on any atom is 0.309 e. The molecule has 0 spiro atoms. The topological polar surface area (TPSA) is 40.5 Å². The zero-order valence-electron chi connectivity index (χ0n) is 5.69. The quantitative estimate of drug-likeness (QED) is 0.667. The largest absolute Gasteiger partial charge is 0.309 e. The van der Waals surface area contributed by atoms with E-state index in [1.807, 2.05) is 11.4 Å². The predicted molar refractivity (Wildman–Crippen MR) is 45.9 cm³/mol. The summed E-state index contributed by atoms with van der Waals surface area (Å²) >= 11 is 1.40. The molecule has 0 bridgehead atoms. The average Bonchev–Trinajstić information content (AvgIpc) is 2.38. The first-order chi connectivity index (χ1) is 4.67. The molecular weight excluding hydrogens is 167 g/mol. The van der Waals surface area contributed by atoms with Crippen molar-refractivity contribution in [2.45, 2.75) is 6.92 Å². The molecule has 4 heteroatoms. The Balaban J connectivity index is 2.85. The van der Waals surface area contributed by atoms with Crippen LogP contribution < -0.4 is 4.62 Å². The van der Waals surface area contributed by atoms with E-state index in [9.17, 15) is 9.79 Å². The van der Waals surface area contributed by atoms with Crippen molar-refractivity contribution in [3.05, 3.63) is 17.5 Å². The molecule has 10 heavy (non-hydrogen) atoms. The molecule has 0 saturated heterocycles. The Morgan fingerprint density at radius 3 is 2.70 bits per heavy atom. The molecule has 2 nitrogen and oxygen atoms in total. The van der Waals surface area contributed by atoms with Crippen LogP contribution in [0.25, 0.3) is 0 Å². The third-order valence-electron chi connectivity index (χ3n) is 1.30. The van der Waals surface area contributed by atoms with Gasteiger partial charge in [-0.15, -0.1) is 11.3 Å². The van der Waals surface area contributed by atoms with Crippen molar-refractivity contribution in [1.29, 1.82) is 0 Å². The maximum absolute atomic E-state index is 9.36. The lowest BCUT2D eigenvalue weighted by Gasteiger charge is -2.05. The Morgan fingerprint density at radius 1 is 1.60 bits per heavy atom. The van der Waals surface area contributed by atoms with Crippen LogP contribution in [-0.4, -0.2) is 15.9 Å². The van der Waals surface area contributed by atoms with Gasteiger partial charge in [0.15, 0.2) is 0 Å². The summed E-state index contributed by atoms with van der Waals surface area (Å²) in [4.78, 5) is 18.7. The SMILES string of the molecule is CC[P+](O)(O)c1cccs1. The van der Waals surface area contributed by atoms with Gasteiger partial charge in [-0.25, -0.2) is 9.79 Å². The van der Waals surface area contributed by atoms with Crippen LogP contribution in [0, 0.1) is 0 Å². The third-order valence-corrected chi connectivity index (χ3v) is 4.90. The van der Waals surface area contributed by atoms with E-state index in [2.05, 4.69) is 0 Å². The molecule has 2 N–H and O–H groups in total. The molecule has 1 rings (SSSR count). The number of thiophene rings is 1. The van der Waals surface area contributed by atoms with Crippen molar-refractivity contribution in [3.8, 4) is 0 Å². The lowest BCUT2D eigenvalue weighted by atomic mass is 10.7. The van der Waals surface area contributed by atoms with Crippen LogP contribution in [0.3, 0.4) is 0 Å². The van der Waals surface area contributed by atoms with Crippen molar-refractivity contribution in [2.75, 3.05) is 6.16 Å². The summed E-state index contributed by atoms with van der Waals surface area (Å²) in [5.74, 6) is 0. The smallest absolute Gasteiger partial charge is 0.214 e. The minimum absolute atomic E-state index is 0.438. The van der Waals surface area contributed by atoms with Crippen LogP contribution in [0.1, 0.15) is 6.92 Å². The number of rotatable bonds is 2. The summed E-state index contributed by atoms with van der Waals surface area (Å²) in [7, 11) is -2.71. The summed E-state index contributed by atoms with van der Waals surface area (Å²) in [5, 5.41) is 1.85. The van der Waals surface area contributed by atoms with Gasteiger partial charge in [0, 0.05) is 0 Å². The highest BCUT2D eigenvalue weighted by atomic mass is 32.1. The van der Waals surface area contributed by atoms with Gasteiger partial charge in [0.2, 0.25) is 4.62 Å². The minimum Gasteiger partial charge on any atom is -0.214 e. The van der Waals surface area contributed by atoms with Gasteiger partial charge in [-0.3, -0.25) is 0 Å². The van der Waals surface area contributed by atoms with E-state index in [0.717, 1.165) is 4.62 Å². The van der Waals surface area contributed by atoms with Gasteiger partial charge in [0.1, 0.15) is 6.16 Å². The van der Waals surface area contributed by atoms with Crippen molar-refractivity contribution < 1.29 is 9.79 Å². The second kappa shape index (κ2) is 2.97. The molecule has 1 aromatic heterocycles. The van der Waals surface area contributed by atoms with Crippen LogP contribution in [0.15, 0.2) is 17.5 Å². The minimum atomic E-state index is -2.71.